The number of likely N-dealkylation sites (tertiary alicyclic amines) is 1. The lowest BCUT2D eigenvalue weighted by atomic mass is 10.0. The third-order valence-electron chi connectivity index (χ3n) is 8.48. The van der Waals surface area contributed by atoms with Gasteiger partial charge in [-0.2, -0.15) is 0 Å². The van der Waals surface area contributed by atoms with E-state index < -0.39 is 12.1 Å². The number of esters is 1. The number of carbonyl (C=O) groups is 2. The molecule has 238 valence electrons. The Morgan fingerprint density at radius 1 is 0.787 bits per heavy atom. The molecule has 0 spiro atoms. The van der Waals surface area contributed by atoms with Crippen LogP contribution in [0.1, 0.15) is 45.1 Å². The van der Waals surface area contributed by atoms with Crippen LogP contribution < -0.4 is 10.1 Å². The molecule has 6 rings (SSSR count). The van der Waals surface area contributed by atoms with Crippen LogP contribution in [0.25, 0.3) is 0 Å². The molecule has 7 heteroatoms. The van der Waals surface area contributed by atoms with Crippen molar-refractivity contribution >= 4 is 17.7 Å². The number of benzene rings is 5. The van der Waals surface area contributed by atoms with Crippen molar-refractivity contribution in [2.45, 2.75) is 31.7 Å². The molecule has 1 unspecified atom stereocenters. The number of rotatable bonds is 11. The third kappa shape index (κ3) is 8.07. The number of methoxy groups -OCH3 is 1. The van der Waals surface area contributed by atoms with Gasteiger partial charge in [-0.15, -0.1) is 0 Å². The molecule has 47 heavy (non-hydrogen) atoms. The average molecular weight is 626 g/mol. The molecule has 0 aromatic heterocycles. The van der Waals surface area contributed by atoms with Crippen LogP contribution in [0.5, 0.6) is 5.75 Å². The summed E-state index contributed by atoms with van der Waals surface area (Å²) in [5.74, 6) is -0.189. The molecule has 1 atom stereocenters. The van der Waals surface area contributed by atoms with Crippen molar-refractivity contribution in [3.63, 3.8) is 0 Å². The number of nitrogens with one attached hydrogen (secondary N) is 1. The number of hydrogen-bond donors (Lipinski definition) is 1. The minimum atomic E-state index is -0.551. The molecule has 5 aromatic rings. The fraction of sp³-hybridized carbons (Fsp3) is 0.200. The number of carbonyl (C=O) groups excluding carboxylic acids is 2. The highest BCUT2D eigenvalue weighted by Gasteiger charge is 2.31. The van der Waals surface area contributed by atoms with Gasteiger partial charge in [0.25, 0.3) is 0 Å². The second kappa shape index (κ2) is 15.3. The molecular weight excluding hydrogens is 586 g/mol. The highest BCUT2D eigenvalue weighted by molar-refractivity contribution is 5.96. The first-order valence-electron chi connectivity index (χ1n) is 15.9. The van der Waals surface area contributed by atoms with Crippen molar-refractivity contribution in [1.82, 2.24) is 9.80 Å². The monoisotopic (exact) mass is 625 g/mol. The zero-order valence-electron chi connectivity index (χ0n) is 26.5. The maximum Gasteiger partial charge on any atom is 0.341 e. The summed E-state index contributed by atoms with van der Waals surface area (Å²) < 4.78 is 11.7. The number of ether oxygens (including phenoxy) is 2. The molecule has 1 saturated heterocycles. The predicted molar refractivity (Wildman–Crippen MR) is 184 cm³/mol. The lowest BCUT2D eigenvalue weighted by Gasteiger charge is -2.30. The standard InChI is InChI=1S/C40H39N3O4/c1-46-39(44)36-26-34(22-23-37(36)47-38(32-18-10-4-11-19-32)33-20-12-5-13-21-33)41-40(45)43(28-31-16-8-3-9-17-31)35-24-25-42(29-35)27-30-14-6-2-7-15-30/h2-23,26,35,38H,24-25,27-29H2,1H3,(H,41,45). The Hall–Kier alpha value is -5.40. The smallest absolute Gasteiger partial charge is 0.341 e. The molecule has 1 aliphatic rings. The first kappa shape index (κ1) is 31.6. The van der Waals surface area contributed by atoms with Crippen molar-refractivity contribution in [2.24, 2.45) is 0 Å². The number of urea groups is 1. The molecule has 1 fully saturated rings. The zero-order valence-corrected chi connectivity index (χ0v) is 26.5. The average Bonchev–Trinajstić information content (AvgIpc) is 3.59. The van der Waals surface area contributed by atoms with Crippen LogP contribution in [0.3, 0.4) is 0 Å². The number of hydrogen-bond acceptors (Lipinski definition) is 5. The van der Waals surface area contributed by atoms with Gasteiger partial charge in [-0.1, -0.05) is 121 Å². The molecule has 7 nitrogen and oxygen atoms in total. The Morgan fingerprint density at radius 2 is 1.36 bits per heavy atom. The van der Waals surface area contributed by atoms with Gasteiger partial charge in [-0.25, -0.2) is 9.59 Å². The Morgan fingerprint density at radius 3 is 1.96 bits per heavy atom. The van der Waals surface area contributed by atoms with E-state index in [-0.39, 0.29) is 17.6 Å². The number of nitrogens with zero attached hydrogens (tertiary/aromatic N) is 2. The van der Waals surface area contributed by atoms with E-state index in [1.807, 2.05) is 102 Å². The molecule has 0 bridgehead atoms. The predicted octanol–water partition coefficient (Wildman–Crippen LogP) is 7.95. The fourth-order valence-corrected chi connectivity index (χ4v) is 6.09. The van der Waals surface area contributed by atoms with Gasteiger partial charge in [0.05, 0.1) is 7.11 Å². The van der Waals surface area contributed by atoms with Crippen LogP contribution in [-0.4, -0.2) is 48.0 Å². The van der Waals surface area contributed by atoms with E-state index in [2.05, 4.69) is 34.5 Å². The highest BCUT2D eigenvalue weighted by Crippen LogP contribution is 2.33. The van der Waals surface area contributed by atoms with Crippen LogP contribution in [0, 0.1) is 0 Å². The van der Waals surface area contributed by atoms with Crippen LogP contribution in [-0.2, 0) is 17.8 Å². The van der Waals surface area contributed by atoms with Crippen molar-refractivity contribution < 1.29 is 19.1 Å². The van der Waals surface area contributed by atoms with E-state index in [9.17, 15) is 9.59 Å². The minimum absolute atomic E-state index is 0.0269. The Labute approximate surface area is 276 Å². The van der Waals surface area contributed by atoms with E-state index in [1.54, 1.807) is 18.2 Å². The minimum Gasteiger partial charge on any atom is -0.480 e. The molecule has 2 amide bonds. The molecule has 0 saturated carbocycles. The summed E-state index contributed by atoms with van der Waals surface area (Å²) in [6.45, 7) is 2.99. The molecule has 0 aliphatic carbocycles. The lowest BCUT2D eigenvalue weighted by molar-refractivity contribution is 0.0594. The molecule has 1 N–H and O–H groups in total. The van der Waals surface area contributed by atoms with Gasteiger partial charge in [0.15, 0.2) is 0 Å². The topological polar surface area (TPSA) is 71.1 Å². The largest absolute Gasteiger partial charge is 0.480 e. The van der Waals surface area contributed by atoms with E-state index in [0.717, 1.165) is 42.7 Å². The van der Waals surface area contributed by atoms with E-state index >= 15 is 0 Å². The second-order valence-corrected chi connectivity index (χ2v) is 11.7. The Kier molecular flexibility index (Phi) is 10.3. The zero-order chi connectivity index (χ0) is 32.4. The van der Waals surface area contributed by atoms with Crippen molar-refractivity contribution in [3.05, 3.63) is 167 Å². The van der Waals surface area contributed by atoms with Crippen LogP contribution in [0.15, 0.2) is 140 Å². The van der Waals surface area contributed by atoms with Gasteiger partial charge in [0, 0.05) is 37.9 Å². The van der Waals surface area contributed by atoms with Crippen LogP contribution in [0.2, 0.25) is 0 Å². The molecule has 1 aliphatic heterocycles. The maximum absolute atomic E-state index is 14.0. The van der Waals surface area contributed by atoms with Gasteiger partial charge in [-0.05, 0) is 46.9 Å². The van der Waals surface area contributed by atoms with Crippen molar-refractivity contribution in [2.75, 3.05) is 25.5 Å². The fourth-order valence-electron chi connectivity index (χ4n) is 6.09. The van der Waals surface area contributed by atoms with E-state index in [0.29, 0.717) is 18.0 Å². The summed E-state index contributed by atoms with van der Waals surface area (Å²) in [7, 11) is 1.34. The molecule has 1 heterocycles. The lowest BCUT2D eigenvalue weighted by Crippen LogP contribution is -2.43. The van der Waals surface area contributed by atoms with Crippen molar-refractivity contribution in [1.29, 1.82) is 0 Å². The molecular formula is C40H39N3O4. The normalized spacial score (nSPS) is 14.5. The van der Waals surface area contributed by atoms with Crippen molar-refractivity contribution in [3.8, 4) is 5.75 Å². The van der Waals surface area contributed by atoms with Gasteiger partial charge in [0.1, 0.15) is 17.4 Å². The van der Waals surface area contributed by atoms with Crippen LogP contribution >= 0.6 is 0 Å². The third-order valence-corrected chi connectivity index (χ3v) is 8.48. The number of amides is 2. The highest BCUT2D eigenvalue weighted by atomic mass is 16.5. The Balaban J connectivity index is 1.24. The van der Waals surface area contributed by atoms with E-state index in [1.165, 1.54) is 12.7 Å². The first-order valence-corrected chi connectivity index (χ1v) is 15.9. The molecule has 5 aromatic carbocycles. The summed E-state index contributed by atoms with van der Waals surface area (Å²) in [4.78, 5) is 31.4. The van der Waals surface area contributed by atoms with Gasteiger partial charge in [-0.3, -0.25) is 4.90 Å². The second-order valence-electron chi connectivity index (χ2n) is 11.7. The van der Waals surface area contributed by atoms with Crippen LogP contribution in [0.4, 0.5) is 10.5 Å². The molecule has 0 radical (unpaired) electrons. The van der Waals surface area contributed by atoms with E-state index in [4.69, 9.17) is 9.47 Å². The first-order chi connectivity index (χ1) is 23.1. The summed E-state index contributed by atoms with van der Waals surface area (Å²) >= 11 is 0. The maximum atomic E-state index is 14.0. The summed E-state index contributed by atoms with van der Waals surface area (Å²) in [5, 5.41) is 3.07. The number of anilines is 1. The Bertz CT molecular complexity index is 1710. The quantitative estimate of drug-likeness (QED) is 0.151. The summed E-state index contributed by atoms with van der Waals surface area (Å²) in [6.07, 6.45) is 0.414. The van der Waals surface area contributed by atoms with Gasteiger partial charge in [0.2, 0.25) is 0 Å². The summed E-state index contributed by atoms with van der Waals surface area (Å²) in [5.41, 5.74) is 4.91. The van der Waals surface area contributed by atoms with Gasteiger partial charge < -0.3 is 19.7 Å². The van der Waals surface area contributed by atoms with Gasteiger partial charge >= 0.3 is 12.0 Å². The summed E-state index contributed by atoms with van der Waals surface area (Å²) in [6, 6.07) is 45.1. The SMILES string of the molecule is COC(=O)c1cc(NC(=O)N(Cc2ccccc2)C2CCN(Cc3ccccc3)C2)ccc1OC(c1ccccc1)c1ccccc1.